The molecule has 0 amide bonds. The minimum atomic E-state index is -3.49. The van der Waals surface area contributed by atoms with E-state index in [-0.39, 0.29) is 16.4 Å². The summed E-state index contributed by atoms with van der Waals surface area (Å²) in [7, 11) is -3.49. The molecule has 31 heavy (non-hydrogen) atoms. The van der Waals surface area contributed by atoms with Crippen molar-refractivity contribution in [3.8, 4) is 0 Å². The molecule has 0 bridgehead atoms. The number of para-hydroxylation sites is 1. The third-order valence-electron chi connectivity index (χ3n) is 5.37. The van der Waals surface area contributed by atoms with E-state index < -0.39 is 10.0 Å². The molecule has 0 radical (unpaired) electrons. The molecule has 4 aromatic rings. The second-order valence-corrected chi connectivity index (χ2v) is 11.3. The Balaban J connectivity index is 1.30. The molecule has 7 nitrogen and oxygen atoms in total. The van der Waals surface area contributed by atoms with E-state index in [1.54, 1.807) is 23.5 Å². The zero-order valence-electron chi connectivity index (χ0n) is 16.6. The lowest BCUT2D eigenvalue weighted by Gasteiger charge is -2.25. The van der Waals surface area contributed by atoms with E-state index in [2.05, 4.69) is 10.2 Å². The number of rotatable bonds is 6. The van der Waals surface area contributed by atoms with E-state index in [4.69, 9.17) is 0 Å². The zero-order chi connectivity index (χ0) is 21.4. The lowest BCUT2D eigenvalue weighted by Crippen LogP contribution is -2.35. The van der Waals surface area contributed by atoms with E-state index in [0.29, 0.717) is 23.8 Å². The Morgan fingerprint density at radius 2 is 1.74 bits per heavy atom. The predicted molar refractivity (Wildman–Crippen MR) is 122 cm³/mol. The molecule has 5 rings (SSSR count). The van der Waals surface area contributed by atoms with Crippen LogP contribution in [0, 0.1) is 0 Å². The Labute approximate surface area is 188 Å². The van der Waals surface area contributed by atoms with Gasteiger partial charge in [0.1, 0.15) is 0 Å². The highest BCUT2D eigenvalue weighted by atomic mass is 32.2. The summed E-state index contributed by atoms with van der Waals surface area (Å²) in [6, 6.07) is 14.2. The first-order valence-electron chi connectivity index (χ1n) is 10.0. The normalized spacial score (nSPS) is 15.6. The maximum atomic E-state index is 12.8. The number of hydrogen-bond donors (Lipinski definition) is 0. The van der Waals surface area contributed by atoms with Gasteiger partial charge in [-0.25, -0.2) is 8.42 Å². The SMILES string of the molecule is O=C(CSc1nnc2sc3ccccc3n12)c1ccc(S(=O)(=O)N2CCCCC2)cc1. The van der Waals surface area contributed by atoms with Gasteiger partial charge in [-0.15, -0.1) is 10.2 Å². The van der Waals surface area contributed by atoms with Crippen LogP contribution in [0.15, 0.2) is 58.6 Å². The number of carbonyl (C=O) groups excluding carboxylic acids is 1. The van der Waals surface area contributed by atoms with E-state index in [1.807, 2.05) is 28.7 Å². The number of thiazole rings is 1. The molecule has 1 saturated heterocycles. The number of hydrogen-bond acceptors (Lipinski definition) is 7. The van der Waals surface area contributed by atoms with Gasteiger partial charge in [0.15, 0.2) is 10.9 Å². The van der Waals surface area contributed by atoms with Crippen molar-refractivity contribution >= 4 is 54.1 Å². The third-order valence-corrected chi connectivity index (χ3v) is 9.23. The summed E-state index contributed by atoms with van der Waals surface area (Å²) >= 11 is 2.89. The number of nitrogens with zero attached hydrogens (tertiary/aromatic N) is 4. The maximum absolute atomic E-state index is 12.8. The highest BCUT2D eigenvalue weighted by Crippen LogP contribution is 2.30. The van der Waals surface area contributed by atoms with Crippen molar-refractivity contribution in [1.82, 2.24) is 18.9 Å². The fourth-order valence-corrected chi connectivity index (χ4v) is 7.11. The largest absolute Gasteiger partial charge is 0.293 e. The number of Topliss-reactive ketones (excluding diaryl/α,β-unsaturated/α-hetero) is 1. The quantitative estimate of drug-likeness (QED) is 0.310. The van der Waals surface area contributed by atoms with Crippen molar-refractivity contribution in [2.24, 2.45) is 0 Å². The van der Waals surface area contributed by atoms with Crippen LogP contribution >= 0.6 is 23.1 Å². The first kappa shape index (κ1) is 20.6. The van der Waals surface area contributed by atoms with Crippen LogP contribution in [0.1, 0.15) is 29.6 Å². The van der Waals surface area contributed by atoms with Gasteiger partial charge in [0.2, 0.25) is 15.0 Å². The second-order valence-electron chi connectivity index (χ2n) is 7.37. The van der Waals surface area contributed by atoms with Crippen molar-refractivity contribution in [1.29, 1.82) is 0 Å². The highest BCUT2D eigenvalue weighted by molar-refractivity contribution is 7.99. The Morgan fingerprint density at radius 3 is 2.52 bits per heavy atom. The van der Waals surface area contributed by atoms with Crippen molar-refractivity contribution in [3.63, 3.8) is 0 Å². The number of piperidine rings is 1. The molecule has 0 atom stereocenters. The van der Waals surface area contributed by atoms with Crippen LogP contribution in [0.2, 0.25) is 0 Å². The summed E-state index contributed by atoms with van der Waals surface area (Å²) < 4.78 is 30.2. The molecule has 1 aliphatic rings. The Morgan fingerprint density at radius 1 is 1.00 bits per heavy atom. The monoisotopic (exact) mass is 472 g/mol. The van der Waals surface area contributed by atoms with E-state index in [0.717, 1.165) is 34.4 Å². The number of thioether (sulfide) groups is 1. The summed E-state index contributed by atoms with van der Waals surface area (Å²) in [6.07, 6.45) is 2.85. The minimum absolute atomic E-state index is 0.0804. The summed E-state index contributed by atoms with van der Waals surface area (Å²) in [6.45, 7) is 1.12. The van der Waals surface area contributed by atoms with Crippen LogP contribution < -0.4 is 0 Å². The van der Waals surface area contributed by atoms with Crippen molar-refractivity contribution in [2.75, 3.05) is 18.8 Å². The van der Waals surface area contributed by atoms with Crippen LogP contribution in [0.3, 0.4) is 0 Å². The van der Waals surface area contributed by atoms with Gasteiger partial charge in [0, 0.05) is 18.7 Å². The van der Waals surface area contributed by atoms with E-state index in [1.165, 1.54) is 28.2 Å². The molecule has 1 aliphatic heterocycles. The fourth-order valence-electron chi connectivity index (χ4n) is 3.73. The van der Waals surface area contributed by atoms with Gasteiger partial charge in [0.05, 0.1) is 20.9 Å². The third kappa shape index (κ3) is 3.89. The number of fused-ring (bicyclic) bond motifs is 3. The molecule has 0 aliphatic carbocycles. The lowest BCUT2D eigenvalue weighted by molar-refractivity contribution is 0.102. The molecule has 0 N–H and O–H groups in total. The topological polar surface area (TPSA) is 84.6 Å². The highest BCUT2D eigenvalue weighted by Gasteiger charge is 2.26. The van der Waals surface area contributed by atoms with Crippen molar-refractivity contribution < 1.29 is 13.2 Å². The number of ketones is 1. The molecule has 1 fully saturated rings. The molecule has 0 unspecified atom stereocenters. The smallest absolute Gasteiger partial charge is 0.243 e. The average Bonchev–Trinajstić information content (AvgIpc) is 3.37. The molecule has 0 saturated carbocycles. The van der Waals surface area contributed by atoms with E-state index in [9.17, 15) is 13.2 Å². The number of aromatic nitrogens is 3. The van der Waals surface area contributed by atoms with Crippen LogP contribution in [-0.2, 0) is 10.0 Å². The summed E-state index contributed by atoms with van der Waals surface area (Å²) in [5.74, 6) is 0.117. The molecule has 3 heterocycles. The van der Waals surface area contributed by atoms with Crippen LogP contribution in [-0.4, -0.2) is 51.9 Å². The summed E-state index contributed by atoms with van der Waals surface area (Å²) in [4.78, 5) is 13.7. The van der Waals surface area contributed by atoms with Crippen molar-refractivity contribution in [2.45, 2.75) is 29.3 Å². The molecular weight excluding hydrogens is 452 g/mol. The van der Waals surface area contributed by atoms with Gasteiger partial charge >= 0.3 is 0 Å². The molecule has 160 valence electrons. The summed E-state index contributed by atoms with van der Waals surface area (Å²) in [5, 5.41) is 9.11. The van der Waals surface area contributed by atoms with Crippen LogP contribution in [0.25, 0.3) is 15.2 Å². The Hall–Kier alpha value is -2.27. The molecule has 0 spiro atoms. The van der Waals surface area contributed by atoms with Crippen molar-refractivity contribution in [3.05, 3.63) is 54.1 Å². The first-order valence-corrected chi connectivity index (χ1v) is 13.3. The van der Waals surface area contributed by atoms with Gasteiger partial charge in [-0.1, -0.05) is 53.8 Å². The second kappa shape index (κ2) is 8.34. The lowest BCUT2D eigenvalue weighted by atomic mass is 10.1. The van der Waals surface area contributed by atoms with Gasteiger partial charge in [-0.05, 0) is 37.1 Å². The van der Waals surface area contributed by atoms with Crippen LogP contribution in [0.4, 0.5) is 0 Å². The molecule has 2 aromatic heterocycles. The van der Waals surface area contributed by atoms with Crippen LogP contribution in [0.5, 0.6) is 0 Å². The minimum Gasteiger partial charge on any atom is -0.293 e. The Kier molecular flexibility index (Phi) is 5.55. The summed E-state index contributed by atoms with van der Waals surface area (Å²) in [5.41, 5.74) is 1.51. The molecule has 2 aromatic carbocycles. The average molecular weight is 473 g/mol. The van der Waals surface area contributed by atoms with Gasteiger partial charge in [-0.3, -0.25) is 9.20 Å². The van der Waals surface area contributed by atoms with E-state index >= 15 is 0 Å². The zero-order valence-corrected chi connectivity index (χ0v) is 19.0. The fraction of sp³-hybridized carbons (Fsp3) is 0.286. The first-order chi connectivity index (χ1) is 15.0. The standard InChI is InChI=1S/C21H20N4O3S3/c26-18(14-29-20-22-23-21-25(20)17-6-2-3-7-19(17)30-21)15-8-10-16(11-9-15)31(27,28)24-12-4-1-5-13-24/h2-3,6-11H,1,4-5,12-14H2. The number of sulfonamides is 1. The predicted octanol–water partition coefficient (Wildman–Crippen LogP) is 4.09. The number of benzene rings is 2. The Bertz CT molecular complexity index is 1350. The van der Waals surface area contributed by atoms with Gasteiger partial charge in [0.25, 0.3) is 0 Å². The molecular formula is C21H20N4O3S3. The molecule has 10 heteroatoms. The number of carbonyl (C=O) groups is 1. The van der Waals surface area contributed by atoms with Gasteiger partial charge < -0.3 is 0 Å². The maximum Gasteiger partial charge on any atom is 0.243 e. The van der Waals surface area contributed by atoms with Gasteiger partial charge in [-0.2, -0.15) is 4.31 Å².